The van der Waals surface area contributed by atoms with E-state index in [1.54, 1.807) is 0 Å². The molecule has 6 nitrogen and oxygen atoms in total. The number of rotatable bonds is 3. The van der Waals surface area contributed by atoms with Gasteiger partial charge in [-0.2, -0.15) is 8.42 Å². The van der Waals surface area contributed by atoms with Gasteiger partial charge in [-0.05, 0) is 11.6 Å². The smallest absolute Gasteiger partial charge is 1.00 e. The molecule has 0 saturated carbocycles. The van der Waals surface area contributed by atoms with Crippen molar-refractivity contribution in [3.8, 4) is 0 Å². The first kappa shape index (κ1) is 15.8. The summed E-state index contributed by atoms with van der Waals surface area (Å²) in [6.45, 7) is 0. The number of hydrogen-bond donors (Lipinski definition) is 1. The van der Waals surface area contributed by atoms with E-state index in [-0.39, 0.29) is 36.9 Å². The average Bonchev–Trinajstić information content (AvgIpc) is 2.15. The molecule has 1 aromatic rings. The third-order valence-corrected chi connectivity index (χ3v) is 2.84. The molecule has 0 fully saturated rings. The van der Waals surface area contributed by atoms with E-state index in [4.69, 9.17) is 16.2 Å². The van der Waals surface area contributed by atoms with Crippen LogP contribution in [-0.4, -0.2) is 17.9 Å². The Morgan fingerprint density at radius 3 is 2.44 bits per heavy atom. The number of halogens is 1. The molecular formula is C7H7ClNNaO5S. The van der Waals surface area contributed by atoms with E-state index in [1.165, 1.54) is 6.07 Å². The van der Waals surface area contributed by atoms with Crippen LogP contribution in [0.25, 0.3) is 0 Å². The van der Waals surface area contributed by atoms with Crippen LogP contribution in [0.3, 0.4) is 0 Å². The minimum absolute atomic E-state index is 0. The van der Waals surface area contributed by atoms with Crippen molar-refractivity contribution in [1.82, 2.24) is 0 Å². The predicted octanol–water partition coefficient (Wildman–Crippen LogP) is -1.30. The molecule has 0 atom stereocenters. The molecule has 9 heteroatoms. The van der Waals surface area contributed by atoms with E-state index in [1.807, 2.05) is 0 Å². The molecule has 0 saturated heterocycles. The van der Waals surface area contributed by atoms with Crippen LogP contribution >= 0.6 is 11.6 Å². The minimum atomic E-state index is -4.61. The van der Waals surface area contributed by atoms with Crippen molar-refractivity contribution >= 4 is 27.4 Å². The zero-order valence-electron chi connectivity index (χ0n) is 9.25. The largest absolute Gasteiger partial charge is 1.00 e. The normalized spacial score (nSPS) is 10.6. The Kier molecular flexibility index (Phi) is 5.88. The molecule has 0 unspecified atom stereocenters. The Morgan fingerprint density at radius 1 is 1.50 bits per heavy atom. The van der Waals surface area contributed by atoms with Crippen molar-refractivity contribution in [2.45, 2.75) is 10.8 Å². The van der Waals surface area contributed by atoms with E-state index in [9.17, 15) is 18.5 Å². The van der Waals surface area contributed by atoms with Gasteiger partial charge in [-0.25, -0.2) is 0 Å². The summed E-state index contributed by atoms with van der Waals surface area (Å²) in [6.07, 6.45) is 0. The summed E-state index contributed by atoms with van der Waals surface area (Å²) in [5.41, 5.74) is -0.304. The van der Waals surface area contributed by atoms with Crippen molar-refractivity contribution in [3.05, 3.63) is 33.9 Å². The fourth-order valence-corrected chi connectivity index (χ4v) is 1.87. The van der Waals surface area contributed by atoms with Crippen LogP contribution in [0.4, 0.5) is 5.69 Å². The number of benzene rings is 1. The van der Waals surface area contributed by atoms with Crippen molar-refractivity contribution < 1.29 is 48.9 Å². The molecule has 0 amide bonds. The second kappa shape index (κ2) is 5.95. The van der Waals surface area contributed by atoms with Crippen LogP contribution in [0.1, 0.15) is 6.99 Å². The topological polar surface area (TPSA) is 97.5 Å². The van der Waals surface area contributed by atoms with Gasteiger partial charge in [0.15, 0.2) is 4.90 Å². The summed E-state index contributed by atoms with van der Waals surface area (Å²) >= 11 is 5.43. The standard InChI is InChI=1S/C7H6ClNO5S.Na.H/c8-4-5-1-2-6(9(10)11)7(3-5)15(12,13)14;;/h1-3H,4H2,(H,12,13,14);;/q;+1;-1. The Hall–Kier alpha value is -0.180. The Bertz CT molecular complexity index is 509. The molecule has 0 radical (unpaired) electrons. The Labute approximate surface area is 120 Å². The third kappa shape index (κ3) is 3.69. The number of nitro benzene ring substituents is 1. The van der Waals surface area contributed by atoms with Gasteiger partial charge in [0.2, 0.25) is 0 Å². The molecule has 1 aromatic carbocycles. The molecule has 0 heterocycles. The molecule has 0 spiro atoms. The molecule has 0 bridgehead atoms. The summed E-state index contributed by atoms with van der Waals surface area (Å²) in [5, 5.41) is 10.5. The fourth-order valence-electron chi connectivity index (χ4n) is 0.999. The van der Waals surface area contributed by atoms with Crippen LogP contribution in [0, 0.1) is 10.1 Å². The van der Waals surface area contributed by atoms with E-state index < -0.39 is 25.6 Å². The molecule has 16 heavy (non-hydrogen) atoms. The van der Waals surface area contributed by atoms with Crippen molar-refractivity contribution in [2.24, 2.45) is 0 Å². The predicted molar refractivity (Wildman–Crippen MR) is 53.6 cm³/mol. The molecule has 1 rings (SSSR count). The molecule has 84 valence electrons. The summed E-state index contributed by atoms with van der Waals surface area (Å²) in [4.78, 5) is 8.83. The Morgan fingerprint density at radius 2 is 2.06 bits per heavy atom. The van der Waals surface area contributed by atoms with Gasteiger partial charge in [-0.3, -0.25) is 14.7 Å². The zero-order valence-corrected chi connectivity index (χ0v) is 11.8. The first-order valence-corrected chi connectivity index (χ1v) is 5.64. The molecule has 0 aromatic heterocycles. The van der Waals surface area contributed by atoms with E-state index in [0.29, 0.717) is 5.56 Å². The first-order chi connectivity index (χ1) is 6.86. The number of hydrogen-bond acceptors (Lipinski definition) is 4. The molecule has 0 aliphatic heterocycles. The first-order valence-electron chi connectivity index (χ1n) is 3.67. The van der Waals surface area contributed by atoms with Crippen LogP contribution in [0.15, 0.2) is 23.1 Å². The van der Waals surface area contributed by atoms with Crippen molar-refractivity contribution in [3.63, 3.8) is 0 Å². The van der Waals surface area contributed by atoms with Gasteiger partial charge in [0.25, 0.3) is 5.69 Å². The van der Waals surface area contributed by atoms with E-state index in [0.717, 1.165) is 12.1 Å². The monoisotopic (exact) mass is 275 g/mol. The van der Waals surface area contributed by atoms with Gasteiger partial charge < -0.3 is 1.43 Å². The summed E-state index contributed by atoms with van der Waals surface area (Å²) < 4.78 is 30.4. The number of nitrogens with zero attached hydrogens (tertiary/aromatic N) is 1. The summed E-state index contributed by atoms with van der Waals surface area (Å²) in [6, 6.07) is 3.28. The summed E-state index contributed by atoms with van der Waals surface area (Å²) in [7, 11) is -4.61. The van der Waals surface area contributed by atoms with Crippen molar-refractivity contribution in [2.75, 3.05) is 0 Å². The van der Waals surface area contributed by atoms with Crippen LogP contribution < -0.4 is 29.6 Å². The van der Waals surface area contributed by atoms with Crippen LogP contribution in [0.5, 0.6) is 0 Å². The molecule has 0 aliphatic carbocycles. The maximum atomic E-state index is 10.8. The van der Waals surface area contributed by atoms with Crippen LogP contribution in [-0.2, 0) is 16.0 Å². The van der Waals surface area contributed by atoms with E-state index >= 15 is 0 Å². The minimum Gasteiger partial charge on any atom is -1.00 e. The van der Waals surface area contributed by atoms with Gasteiger partial charge in [-0.15, -0.1) is 11.6 Å². The van der Waals surface area contributed by atoms with Gasteiger partial charge in [0.1, 0.15) is 0 Å². The number of alkyl halides is 1. The third-order valence-electron chi connectivity index (χ3n) is 1.65. The van der Waals surface area contributed by atoms with Gasteiger partial charge in [-0.1, -0.05) is 6.07 Å². The van der Waals surface area contributed by atoms with Crippen molar-refractivity contribution in [1.29, 1.82) is 0 Å². The van der Waals surface area contributed by atoms with E-state index in [2.05, 4.69) is 0 Å². The SMILES string of the molecule is O=[N+]([O-])c1ccc(CCl)cc1S(=O)(=O)O.[H-].[Na+]. The zero-order chi connectivity index (χ0) is 11.6. The quantitative estimate of drug-likeness (QED) is 0.243. The second-order valence-electron chi connectivity index (χ2n) is 2.67. The van der Waals surface area contributed by atoms with Crippen LogP contribution in [0.2, 0.25) is 0 Å². The van der Waals surface area contributed by atoms with Gasteiger partial charge >= 0.3 is 39.7 Å². The maximum Gasteiger partial charge on any atom is 1.00 e. The summed E-state index contributed by atoms with van der Waals surface area (Å²) in [5.74, 6) is 0.000510. The average molecular weight is 276 g/mol. The fraction of sp³-hybridized carbons (Fsp3) is 0.143. The Balaban J connectivity index is 0. The second-order valence-corrected chi connectivity index (χ2v) is 4.33. The molecule has 0 aliphatic rings. The van der Waals surface area contributed by atoms with Gasteiger partial charge in [0.05, 0.1) is 4.92 Å². The molecular weight excluding hydrogens is 269 g/mol. The molecule has 1 N–H and O–H groups in total. The number of nitro groups is 1. The maximum absolute atomic E-state index is 10.8. The van der Waals surface area contributed by atoms with Gasteiger partial charge in [0, 0.05) is 11.9 Å².